The molecule has 0 spiro atoms. The Kier molecular flexibility index (Phi) is 5.51. The van der Waals surface area contributed by atoms with Crippen LogP contribution in [0.4, 0.5) is 0 Å². The molecule has 2 N–H and O–H groups in total. The van der Waals surface area contributed by atoms with Gasteiger partial charge in [-0.25, -0.2) is 4.98 Å². The first-order chi connectivity index (χ1) is 11.7. The Morgan fingerprint density at radius 1 is 1.12 bits per heavy atom. The van der Waals surface area contributed by atoms with Gasteiger partial charge in [-0.1, -0.05) is 23.7 Å². The standard InChI is InChI=1S/C19H19ClN2OS/c1-13(14-3-7-16(20)8-4-14)21-11-17-12-24-19(22-17)15-5-9-18(23-2)10-6-15/h3-10,12-13,21H,11H2,1-2H3/p+1/t13-/m1/s1. The minimum atomic E-state index is 0.369. The summed E-state index contributed by atoms with van der Waals surface area (Å²) in [7, 11) is 1.67. The van der Waals surface area contributed by atoms with Crippen molar-refractivity contribution in [3.8, 4) is 16.3 Å². The molecule has 24 heavy (non-hydrogen) atoms. The van der Waals surface area contributed by atoms with Crippen molar-refractivity contribution in [2.24, 2.45) is 0 Å². The van der Waals surface area contributed by atoms with Crippen LogP contribution in [0.1, 0.15) is 24.2 Å². The van der Waals surface area contributed by atoms with E-state index in [1.54, 1.807) is 18.4 Å². The number of hydrogen-bond donors (Lipinski definition) is 1. The average Bonchev–Trinajstić information content (AvgIpc) is 3.09. The molecule has 3 aromatic rings. The quantitative estimate of drug-likeness (QED) is 0.712. The van der Waals surface area contributed by atoms with Crippen molar-refractivity contribution in [2.45, 2.75) is 19.5 Å². The van der Waals surface area contributed by atoms with Crippen molar-refractivity contribution in [1.29, 1.82) is 0 Å². The summed E-state index contributed by atoms with van der Waals surface area (Å²) in [6.45, 7) is 3.05. The van der Waals surface area contributed by atoms with Crippen LogP contribution in [0.25, 0.3) is 10.6 Å². The van der Waals surface area contributed by atoms with Gasteiger partial charge in [-0.2, -0.15) is 0 Å². The molecule has 0 aliphatic rings. The average molecular weight is 360 g/mol. The number of methoxy groups -OCH3 is 1. The Balaban J connectivity index is 1.62. The Labute approximate surface area is 151 Å². The van der Waals surface area contributed by atoms with Gasteiger partial charge >= 0.3 is 0 Å². The van der Waals surface area contributed by atoms with Gasteiger partial charge in [0.2, 0.25) is 0 Å². The van der Waals surface area contributed by atoms with Crippen molar-refractivity contribution >= 4 is 22.9 Å². The summed E-state index contributed by atoms with van der Waals surface area (Å²) in [4.78, 5) is 4.74. The highest BCUT2D eigenvalue weighted by Crippen LogP contribution is 2.25. The van der Waals surface area contributed by atoms with E-state index in [2.05, 4.69) is 29.8 Å². The van der Waals surface area contributed by atoms with Crippen molar-refractivity contribution in [3.63, 3.8) is 0 Å². The molecule has 0 aliphatic heterocycles. The lowest BCUT2D eigenvalue weighted by Gasteiger charge is -2.10. The molecule has 0 aliphatic carbocycles. The molecule has 3 nitrogen and oxygen atoms in total. The van der Waals surface area contributed by atoms with Crippen LogP contribution in [0, 0.1) is 0 Å². The fraction of sp³-hybridized carbons (Fsp3) is 0.211. The highest BCUT2D eigenvalue weighted by atomic mass is 35.5. The zero-order chi connectivity index (χ0) is 16.9. The third-order valence-electron chi connectivity index (χ3n) is 3.97. The molecule has 124 valence electrons. The van der Waals surface area contributed by atoms with Crippen LogP contribution in [0.3, 0.4) is 0 Å². The Morgan fingerprint density at radius 3 is 2.50 bits per heavy atom. The SMILES string of the molecule is COc1ccc(-c2nc(C[NH2+][C@H](C)c3ccc(Cl)cc3)cs2)cc1. The lowest BCUT2D eigenvalue weighted by molar-refractivity contribution is -0.708. The van der Waals surface area contributed by atoms with E-state index in [4.69, 9.17) is 21.3 Å². The first-order valence-corrected chi connectivity index (χ1v) is 9.09. The van der Waals surface area contributed by atoms with E-state index >= 15 is 0 Å². The summed E-state index contributed by atoms with van der Waals surface area (Å²) in [5, 5.41) is 6.23. The fourth-order valence-corrected chi connectivity index (χ4v) is 3.43. The maximum Gasteiger partial charge on any atom is 0.123 e. The zero-order valence-corrected chi connectivity index (χ0v) is 15.3. The largest absolute Gasteiger partial charge is 0.497 e. The molecule has 3 rings (SSSR count). The molecular formula is C19H20ClN2OS+. The van der Waals surface area contributed by atoms with Crippen molar-refractivity contribution in [2.75, 3.05) is 7.11 Å². The number of quaternary nitrogens is 1. The first kappa shape index (κ1) is 17.0. The fourth-order valence-electron chi connectivity index (χ4n) is 2.47. The summed E-state index contributed by atoms with van der Waals surface area (Å²) < 4.78 is 5.19. The van der Waals surface area contributed by atoms with Gasteiger partial charge in [-0.15, -0.1) is 11.3 Å². The molecule has 0 amide bonds. The molecule has 0 fully saturated rings. The van der Waals surface area contributed by atoms with Crippen LogP contribution < -0.4 is 10.1 Å². The highest BCUT2D eigenvalue weighted by molar-refractivity contribution is 7.13. The van der Waals surface area contributed by atoms with E-state index in [1.807, 2.05) is 36.4 Å². The predicted molar refractivity (Wildman–Crippen MR) is 99.6 cm³/mol. The second kappa shape index (κ2) is 7.79. The molecule has 0 bridgehead atoms. The van der Waals surface area contributed by atoms with Crippen LogP contribution in [-0.4, -0.2) is 12.1 Å². The molecule has 0 saturated heterocycles. The van der Waals surface area contributed by atoms with Crippen LogP contribution >= 0.6 is 22.9 Å². The number of thiazole rings is 1. The van der Waals surface area contributed by atoms with E-state index < -0.39 is 0 Å². The summed E-state index contributed by atoms with van der Waals surface area (Å²) in [5.74, 6) is 0.862. The maximum atomic E-state index is 5.94. The summed E-state index contributed by atoms with van der Waals surface area (Å²) in [6, 6.07) is 16.4. The lowest BCUT2D eigenvalue weighted by atomic mass is 10.1. The minimum Gasteiger partial charge on any atom is -0.497 e. The maximum absolute atomic E-state index is 5.94. The predicted octanol–water partition coefficient (Wildman–Crippen LogP) is 4.30. The van der Waals surface area contributed by atoms with Crippen LogP contribution in [0.5, 0.6) is 5.75 Å². The van der Waals surface area contributed by atoms with Crippen molar-refractivity contribution < 1.29 is 10.1 Å². The van der Waals surface area contributed by atoms with Crippen LogP contribution in [-0.2, 0) is 6.54 Å². The molecule has 0 saturated carbocycles. The highest BCUT2D eigenvalue weighted by Gasteiger charge is 2.11. The van der Waals surface area contributed by atoms with Crippen LogP contribution in [0.2, 0.25) is 5.02 Å². The van der Waals surface area contributed by atoms with E-state index in [1.165, 1.54) is 5.56 Å². The van der Waals surface area contributed by atoms with Gasteiger partial charge in [0.15, 0.2) is 0 Å². The Hall–Kier alpha value is -1.88. The summed E-state index contributed by atoms with van der Waals surface area (Å²) in [5.41, 5.74) is 3.49. The van der Waals surface area contributed by atoms with Crippen molar-refractivity contribution in [1.82, 2.24) is 4.98 Å². The van der Waals surface area contributed by atoms with E-state index in [0.717, 1.165) is 33.6 Å². The third-order valence-corrected chi connectivity index (χ3v) is 5.16. The van der Waals surface area contributed by atoms with Crippen LogP contribution in [0.15, 0.2) is 53.9 Å². The molecule has 2 aromatic carbocycles. The van der Waals surface area contributed by atoms with Gasteiger partial charge in [0.05, 0.1) is 7.11 Å². The first-order valence-electron chi connectivity index (χ1n) is 7.83. The second-order valence-electron chi connectivity index (χ2n) is 5.65. The number of ether oxygens (including phenoxy) is 1. The van der Waals surface area contributed by atoms with Gasteiger partial charge < -0.3 is 10.1 Å². The zero-order valence-electron chi connectivity index (χ0n) is 13.7. The Morgan fingerprint density at radius 2 is 1.83 bits per heavy atom. The summed E-state index contributed by atoms with van der Waals surface area (Å²) in [6.07, 6.45) is 0. The number of aromatic nitrogens is 1. The molecule has 0 unspecified atom stereocenters. The normalized spacial score (nSPS) is 12.1. The number of benzene rings is 2. The Bertz CT molecular complexity index is 784. The molecule has 0 radical (unpaired) electrons. The number of rotatable bonds is 6. The lowest BCUT2D eigenvalue weighted by Crippen LogP contribution is -2.83. The smallest absolute Gasteiger partial charge is 0.123 e. The summed E-state index contributed by atoms with van der Waals surface area (Å²) >= 11 is 7.62. The number of hydrogen-bond acceptors (Lipinski definition) is 3. The third kappa shape index (κ3) is 4.15. The molecular weight excluding hydrogens is 340 g/mol. The van der Waals surface area contributed by atoms with E-state index in [0.29, 0.717) is 6.04 Å². The topological polar surface area (TPSA) is 38.7 Å². The van der Waals surface area contributed by atoms with Gasteiger partial charge in [-0.3, -0.25) is 0 Å². The molecule has 1 heterocycles. The minimum absolute atomic E-state index is 0.369. The van der Waals surface area contributed by atoms with E-state index in [-0.39, 0.29) is 0 Å². The van der Waals surface area contributed by atoms with Gasteiger partial charge in [0, 0.05) is 21.5 Å². The van der Waals surface area contributed by atoms with Gasteiger partial charge in [0.1, 0.15) is 29.0 Å². The number of halogens is 1. The van der Waals surface area contributed by atoms with Gasteiger partial charge in [-0.05, 0) is 43.3 Å². The molecule has 1 atom stereocenters. The molecule has 5 heteroatoms. The van der Waals surface area contributed by atoms with Gasteiger partial charge in [0.25, 0.3) is 0 Å². The van der Waals surface area contributed by atoms with E-state index in [9.17, 15) is 0 Å². The number of nitrogens with zero attached hydrogens (tertiary/aromatic N) is 1. The monoisotopic (exact) mass is 359 g/mol. The second-order valence-corrected chi connectivity index (χ2v) is 6.95. The van der Waals surface area contributed by atoms with Crippen molar-refractivity contribution in [3.05, 3.63) is 70.2 Å². The number of nitrogens with two attached hydrogens (primary N) is 1. The molecule has 1 aromatic heterocycles.